The van der Waals surface area contributed by atoms with Crippen LogP contribution in [0.3, 0.4) is 0 Å². The van der Waals surface area contributed by atoms with Gasteiger partial charge in [0.05, 0.1) is 25.4 Å². The van der Waals surface area contributed by atoms with Gasteiger partial charge in [0.15, 0.2) is 0 Å². The zero-order valence-corrected chi connectivity index (χ0v) is 52.2. The molecule has 0 aromatic carbocycles. The first-order valence-corrected chi connectivity index (χ1v) is 35.1. The van der Waals surface area contributed by atoms with E-state index in [9.17, 15) is 19.8 Å². The smallest absolute Gasteiger partial charge is 0.305 e. The number of hydrogen-bond acceptors (Lipinski definition) is 5. The molecule has 0 spiro atoms. The van der Waals surface area contributed by atoms with Crippen LogP contribution in [-0.4, -0.2) is 47.4 Å². The SMILES string of the molecule is CCCCCCCC/C=C\CCCCCCCC(=O)OCCCCCCCCCCCCCC/C=C\CCCCCCCCCCCCCCC(=O)NC(CO)C(O)CCCCCCCCCCCCCCCCCCC. The quantitative estimate of drug-likeness (QED) is 0.0320. The fourth-order valence-corrected chi connectivity index (χ4v) is 11.1. The number of allylic oxidation sites excluding steroid dienone is 4. The van der Waals surface area contributed by atoms with Gasteiger partial charge in [-0.15, -0.1) is 0 Å². The molecule has 0 aliphatic heterocycles. The van der Waals surface area contributed by atoms with Crippen molar-refractivity contribution in [1.82, 2.24) is 5.32 Å². The van der Waals surface area contributed by atoms with E-state index in [1.54, 1.807) is 0 Å². The van der Waals surface area contributed by atoms with Gasteiger partial charge in [-0.25, -0.2) is 0 Å². The van der Waals surface area contributed by atoms with Crippen LogP contribution in [0.2, 0.25) is 0 Å². The topological polar surface area (TPSA) is 95.9 Å². The second-order valence-corrected chi connectivity index (χ2v) is 24.2. The summed E-state index contributed by atoms with van der Waals surface area (Å²) in [5.74, 6) is -0.0229. The Morgan fingerprint density at radius 2 is 0.610 bits per heavy atom. The highest BCUT2D eigenvalue weighted by molar-refractivity contribution is 5.76. The minimum Gasteiger partial charge on any atom is -0.466 e. The number of carbonyl (C=O) groups excluding carboxylic acids is 2. The number of hydrogen-bond donors (Lipinski definition) is 3. The molecule has 77 heavy (non-hydrogen) atoms. The molecule has 2 unspecified atom stereocenters. The third kappa shape index (κ3) is 63.4. The molecule has 0 saturated heterocycles. The highest BCUT2D eigenvalue weighted by Gasteiger charge is 2.20. The molecule has 0 heterocycles. The number of esters is 1. The fraction of sp³-hybridized carbons (Fsp3) is 0.915. The number of unbranched alkanes of at least 4 members (excludes halogenated alkanes) is 51. The molecule has 0 rings (SSSR count). The molecule has 0 aromatic rings. The maximum atomic E-state index is 12.5. The van der Waals surface area contributed by atoms with Crippen LogP contribution in [0.1, 0.15) is 393 Å². The summed E-state index contributed by atoms with van der Waals surface area (Å²) in [6.45, 7) is 4.98. The summed E-state index contributed by atoms with van der Waals surface area (Å²) in [4.78, 5) is 24.6. The summed E-state index contributed by atoms with van der Waals surface area (Å²) in [6, 6.07) is -0.541. The molecule has 0 bridgehead atoms. The zero-order valence-electron chi connectivity index (χ0n) is 52.2. The lowest BCUT2D eigenvalue weighted by Gasteiger charge is -2.22. The van der Waals surface area contributed by atoms with Crippen molar-refractivity contribution in [3.8, 4) is 0 Å². The Bertz CT molecular complexity index is 1200. The molecule has 0 aliphatic rings. The molecule has 0 fully saturated rings. The number of amides is 1. The second kappa shape index (κ2) is 66.8. The molecule has 0 aromatic heterocycles. The third-order valence-corrected chi connectivity index (χ3v) is 16.5. The van der Waals surface area contributed by atoms with Crippen LogP contribution in [0.25, 0.3) is 0 Å². The monoisotopic (exact) mass is 1080 g/mol. The lowest BCUT2D eigenvalue weighted by atomic mass is 10.0. The average Bonchev–Trinajstić information content (AvgIpc) is 3.43. The van der Waals surface area contributed by atoms with Crippen molar-refractivity contribution in [3.63, 3.8) is 0 Å². The lowest BCUT2D eigenvalue weighted by Crippen LogP contribution is -2.45. The molecule has 3 N–H and O–H groups in total. The van der Waals surface area contributed by atoms with E-state index >= 15 is 0 Å². The zero-order chi connectivity index (χ0) is 55.7. The first-order valence-electron chi connectivity index (χ1n) is 35.1. The van der Waals surface area contributed by atoms with Crippen molar-refractivity contribution in [2.45, 2.75) is 405 Å². The second-order valence-electron chi connectivity index (χ2n) is 24.2. The van der Waals surface area contributed by atoms with Gasteiger partial charge in [-0.1, -0.05) is 327 Å². The van der Waals surface area contributed by atoms with E-state index in [2.05, 4.69) is 43.5 Å². The average molecular weight is 1080 g/mol. The number of rotatable bonds is 66. The molecule has 456 valence electrons. The Balaban J connectivity index is 3.37. The molecular weight excluding hydrogens is 947 g/mol. The van der Waals surface area contributed by atoms with Gasteiger partial charge in [-0.3, -0.25) is 9.59 Å². The van der Waals surface area contributed by atoms with Crippen LogP contribution in [0, 0.1) is 0 Å². The lowest BCUT2D eigenvalue weighted by molar-refractivity contribution is -0.143. The van der Waals surface area contributed by atoms with Crippen LogP contribution in [0.4, 0.5) is 0 Å². The standard InChI is InChI=1S/C71H137NO5/c1-3-5-7-9-11-13-15-17-19-32-36-39-43-47-51-55-59-63-69(74)68(67-73)72-70(75)64-60-56-52-48-44-40-37-33-30-28-26-24-22-20-21-23-25-27-29-31-34-38-42-46-50-54-58-62-66-77-71(76)65-61-57-53-49-45-41-35-18-16-14-12-10-8-6-4-2/h18,20-21,35,68-69,73-74H,3-17,19,22-34,36-67H2,1-2H3,(H,72,75)/b21-20-,35-18-. The van der Waals surface area contributed by atoms with Crippen LogP contribution >= 0.6 is 0 Å². The molecule has 0 saturated carbocycles. The summed E-state index contributed by atoms with van der Waals surface area (Å²) >= 11 is 0. The van der Waals surface area contributed by atoms with Gasteiger partial charge >= 0.3 is 5.97 Å². The van der Waals surface area contributed by atoms with Crippen molar-refractivity contribution >= 4 is 11.9 Å². The normalized spacial score (nSPS) is 12.6. The van der Waals surface area contributed by atoms with E-state index in [0.717, 1.165) is 44.9 Å². The van der Waals surface area contributed by atoms with Crippen molar-refractivity contribution in [2.24, 2.45) is 0 Å². The van der Waals surface area contributed by atoms with Crippen LogP contribution in [0.15, 0.2) is 24.3 Å². The van der Waals surface area contributed by atoms with E-state index in [1.165, 1.54) is 315 Å². The minimum absolute atomic E-state index is 0.00858. The molecule has 6 heteroatoms. The first-order chi connectivity index (χ1) is 38.0. The maximum absolute atomic E-state index is 12.5. The molecule has 2 atom stereocenters. The number of aliphatic hydroxyl groups is 2. The van der Waals surface area contributed by atoms with Gasteiger partial charge in [0.2, 0.25) is 5.91 Å². The third-order valence-electron chi connectivity index (χ3n) is 16.5. The van der Waals surface area contributed by atoms with Crippen molar-refractivity contribution in [1.29, 1.82) is 0 Å². The summed E-state index contributed by atoms with van der Waals surface area (Å²) in [6.07, 6.45) is 83.6. The molecule has 0 aliphatic carbocycles. The first kappa shape index (κ1) is 75.3. The Labute approximate surface area is 481 Å². The predicted octanol–water partition coefficient (Wildman–Crippen LogP) is 22.5. The molecular formula is C71H137NO5. The Kier molecular flexibility index (Phi) is 65.4. The summed E-state index contributed by atoms with van der Waals surface area (Å²) in [5.41, 5.74) is 0. The van der Waals surface area contributed by atoms with Crippen LogP contribution in [0.5, 0.6) is 0 Å². The van der Waals surface area contributed by atoms with E-state index in [0.29, 0.717) is 25.9 Å². The number of nitrogens with one attached hydrogen (secondary N) is 1. The van der Waals surface area contributed by atoms with E-state index in [1.807, 2.05) is 0 Å². The Hall–Kier alpha value is -1.66. The summed E-state index contributed by atoms with van der Waals surface area (Å²) in [7, 11) is 0. The number of aliphatic hydroxyl groups excluding tert-OH is 2. The van der Waals surface area contributed by atoms with Gasteiger partial charge in [0.25, 0.3) is 0 Å². The van der Waals surface area contributed by atoms with Gasteiger partial charge in [0, 0.05) is 12.8 Å². The highest BCUT2D eigenvalue weighted by atomic mass is 16.5. The van der Waals surface area contributed by atoms with Crippen LogP contribution in [-0.2, 0) is 14.3 Å². The maximum Gasteiger partial charge on any atom is 0.305 e. The number of ether oxygens (including phenoxy) is 1. The molecule has 6 nitrogen and oxygen atoms in total. The number of carbonyl (C=O) groups is 2. The van der Waals surface area contributed by atoms with Gasteiger partial charge < -0.3 is 20.3 Å². The Morgan fingerprint density at radius 3 is 0.922 bits per heavy atom. The minimum atomic E-state index is -0.664. The van der Waals surface area contributed by atoms with Crippen molar-refractivity contribution in [3.05, 3.63) is 24.3 Å². The van der Waals surface area contributed by atoms with Gasteiger partial charge in [-0.2, -0.15) is 0 Å². The van der Waals surface area contributed by atoms with Crippen molar-refractivity contribution in [2.75, 3.05) is 13.2 Å². The fourth-order valence-electron chi connectivity index (χ4n) is 11.1. The van der Waals surface area contributed by atoms with E-state index < -0.39 is 12.1 Å². The van der Waals surface area contributed by atoms with Gasteiger partial charge in [-0.05, 0) is 77.0 Å². The largest absolute Gasteiger partial charge is 0.466 e. The van der Waals surface area contributed by atoms with Crippen molar-refractivity contribution < 1.29 is 24.5 Å². The summed E-state index contributed by atoms with van der Waals surface area (Å²) < 4.78 is 5.49. The molecule has 1 amide bonds. The summed E-state index contributed by atoms with van der Waals surface area (Å²) in [5, 5.41) is 23.4. The predicted molar refractivity (Wildman–Crippen MR) is 338 cm³/mol. The van der Waals surface area contributed by atoms with Crippen LogP contribution < -0.4 is 5.32 Å². The van der Waals surface area contributed by atoms with E-state index in [-0.39, 0.29) is 18.5 Å². The highest BCUT2D eigenvalue weighted by Crippen LogP contribution is 2.19. The Morgan fingerprint density at radius 1 is 0.351 bits per heavy atom. The van der Waals surface area contributed by atoms with E-state index in [4.69, 9.17) is 4.74 Å². The molecule has 0 radical (unpaired) electrons. The van der Waals surface area contributed by atoms with Gasteiger partial charge in [0.1, 0.15) is 0 Å².